The number of unbranched alkanes of at least 4 members (excludes halogenated alkanes) is 8. The van der Waals surface area contributed by atoms with Gasteiger partial charge in [-0.25, -0.2) is 0 Å². The molecular weight excluding hydrogens is 526 g/mol. The van der Waals surface area contributed by atoms with Crippen molar-refractivity contribution in [3.05, 3.63) is 0 Å². The molecule has 10 nitrogen and oxygen atoms in total. The molecule has 0 fully saturated rings. The fourth-order valence-corrected chi connectivity index (χ4v) is 5.24. The van der Waals surface area contributed by atoms with Gasteiger partial charge in [0.1, 0.15) is 13.1 Å². The highest BCUT2D eigenvalue weighted by molar-refractivity contribution is 7.87. The lowest BCUT2D eigenvalue weighted by molar-refractivity contribution is -0.929. The molecule has 0 amide bonds. The maximum Gasteiger partial charge on any atom is 0.325 e. The van der Waals surface area contributed by atoms with Crippen molar-refractivity contribution in [2.45, 2.75) is 116 Å². The number of hydrogen-bond donors (Lipinski definition) is 5. The van der Waals surface area contributed by atoms with Crippen LogP contribution < -0.4 is 0 Å². The second-order valence-electron chi connectivity index (χ2n) is 11.5. The highest BCUT2D eigenvalue weighted by Crippen LogP contribution is 2.17. The van der Waals surface area contributed by atoms with E-state index < -0.39 is 33.7 Å². The fraction of sp³-hybridized carbons (Fsp3) is 0.929. The number of hydrogen-bond acceptors (Lipinski definition) is 6. The Bertz CT molecular complexity index is 697. The maximum atomic E-state index is 10.2. The second-order valence-corrected chi connectivity index (χ2v) is 13.1. The number of quaternary nitrogens is 1. The van der Waals surface area contributed by atoms with Crippen LogP contribution in [0.15, 0.2) is 0 Å². The summed E-state index contributed by atoms with van der Waals surface area (Å²) in [6, 6.07) is 0. The van der Waals surface area contributed by atoms with Crippen molar-refractivity contribution in [3.63, 3.8) is 0 Å². The van der Waals surface area contributed by atoms with E-state index in [1.54, 1.807) is 0 Å². The summed E-state index contributed by atoms with van der Waals surface area (Å²) >= 11 is 0. The molecule has 0 aromatic rings. The predicted molar refractivity (Wildman–Crippen MR) is 154 cm³/mol. The highest BCUT2D eigenvalue weighted by atomic mass is 32.2. The van der Waals surface area contributed by atoms with Crippen LogP contribution in [0, 0.1) is 11.8 Å². The van der Waals surface area contributed by atoms with Gasteiger partial charge in [-0.15, -0.1) is 0 Å². The van der Waals surface area contributed by atoms with E-state index in [2.05, 4.69) is 27.7 Å². The Morgan fingerprint density at radius 3 is 1.26 bits per heavy atom. The van der Waals surface area contributed by atoms with E-state index in [4.69, 9.17) is 14.8 Å². The largest absolute Gasteiger partial charge is 0.481 e. The molecule has 0 aliphatic heterocycles. The van der Waals surface area contributed by atoms with Crippen molar-refractivity contribution < 1.29 is 47.5 Å². The fourth-order valence-electron chi connectivity index (χ4n) is 4.63. The molecule has 0 radical (unpaired) electrons. The molecule has 0 spiro atoms. The SMILES string of the molecule is CC(C)CCCCCCC[N+](CCO)(CCO)CCCCCCCC(C)C.O=C(O)CC(C(=O)O)S(=O)(=O)O. The molecule has 0 aliphatic rings. The smallest absolute Gasteiger partial charge is 0.325 e. The van der Waals surface area contributed by atoms with E-state index >= 15 is 0 Å². The van der Waals surface area contributed by atoms with Gasteiger partial charge in [0, 0.05) is 0 Å². The molecule has 0 aromatic heterocycles. The Hall–Kier alpha value is -1.27. The van der Waals surface area contributed by atoms with E-state index in [-0.39, 0.29) is 13.2 Å². The molecule has 11 heteroatoms. The first kappa shape index (κ1) is 39.9. The van der Waals surface area contributed by atoms with Crippen molar-refractivity contribution in [3.8, 4) is 0 Å². The van der Waals surface area contributed by atoms with Crippen molar-refractivity contribution in [1.82, 2.24) is 0 Å². The van der Waals surface area contributed by atoms with Gasteiger partial charge in [-0.2, -0.15) is 8.42 Å². The van der Waals surface area contributed by atoms with Crippen LogP contribution in [0.2, 0.25) is 0 Å². The Morgan fingerprint density at radius 2 is 1.00 bits per heavy atom. The predicted octanol–water partition coefficient (Wildman–Crippen LogP) is 4.58. The van der Waals surface area contributed by atoms with Crippen LogP contribution in [-0.2, 0) is 19.7 Å². The number of carboxylic acids is 2. The Morgan fingerprint density at radius 1 is 0.641 bits per heavy atom. The van der Waals surface area contributed by atoms with Gasteiger partial charge < -0.3 is 24.9 Å². The van der Waals surface area contributed by atoms with Crippen LogP contribution in [0.1, 0.15) is 111 Å². The number of nitrogens with zero attached hydrogens (tertiary/aromatic N) is 1. The molecule has 0 heterocycles. The zero-order valence-corrected chi connectivity index (χ0v) is 25.7. The van der Waals surface area contributed by atoms with Gasteiger partial charge in [0.25, 0.3) is 10.1 Å². The van der Waals surface area contributed by atoms with Gasteiger partial charge >= 0.3 is 11.9 Å². The van der Waals surface area contributed by atoms with E-state index in [0.717, 1.165) is 42.5 Å². The number of carbonyl (C=O) groups is 2. The van der Waals surface area contributed by atoms with E-state index in [1.165, 1.54) is 77.0 Å². The Balaban J connectivity index is 0. The van der Waals surface area contributed by atoms with Crippen LogP contribution in [0.3, 0.4) is 0 Å². The van der Waals surface area contributed by atoms with Crippen molar-refractivity contribution in [2.75, 3.05) is 39.4 Å². The first-order valence-corrected chi connectivity index (χ1v) is 16.2. The van der Waals surface area contributed by atoms with Gasteiger partial charge in [0.2, 0.25) is 0 Å². The minimum absolute atomic E-state index is 0.239. The molecule has 0 saturated carbocycles. The Labute approximate surface area is 237 Å². The monoisotopic (exact) mass is 584 g/mol. The summed E-state index contributed by atoms with van der Waals surface area (Å²) < 4.78 is 29.6. The third kappa shape index (κ3) is 24.3. The molecule has 5 N–H and O–H groups in total. The molecule has 1 unspecified atom stereocenters. The number of rotatable bonds is 24. The zero-order valence-electron chi connectivity index (χ0n) is 24.9. The summed E-state index contributed by atoms with van der Waals surface area (Å²) in [6.07, 6.45) is 14.7. The summed E-state index contributed by atoms with van der Waals surface area (Å²) in [5, 5.41) is 33.1. The molecule has 0 saturated heterocycles. The topological polar surface area (TPSA) is 169 Å². The average Bonchev–Trinajstić information content (AvgIpc) is 2.80. The number of aliphatic hydroxyl groups is 2. The summed E-state index contributed by atoms with van der Waals surface area (Å²) in [6.45, 7) is 13.6. The second kappa shape index (κ2) is 23.4. The third-order valence-corrected chi connectivity index (χ3v) is 8.06. The molecule has 0 bridgehead atoms. The first-order valence-electron chi connectivity index (χ1n) is 14.7. The minimum Gasteiger partial charge on any atom is -0.481 e. The number of carboxylic acid groups (broad SMARTS) is 2. The van der Waals surface area contributed by atoms with E-state index in [0.29, 0.717) is 0 Å². The van der Waals surface area contributed by atoms with Crippen LogP contribution in [0.4, 0.5) is 0 Å². The highest BCUT2D eigenvalue weighted by Gasteiger charge is 2.33. The van der Waals surface area contributed by atoms with Crippen LogP contribution in [0.5, 0.6) is 0 Å². The van der Waals surface area contributed by atoms with Crippen molar-refractivity contribution in [2.24, 2.45) is 11.8 Å². The lowest BCUT2D eigenvalue weighted by Crippen LogP contribution is -2.52. The molecule has 0 aliphatic carbocycles. The van der Waals surface area contributed by atoms with E-state index in [9.17, 15) is 28.2 Å². The number of aliphatic hydroxyl groups excluding tert-OH is 2. The van der Waals surface area contributed by atoms with Crippen LogP contribution in [-0.4, -0.2) is 94.5 Å². The van der Waals surface area contributed by atoms with Crippen LogP contribution in [0.25, 0.3) is 0 Å². The molecular formula is C28H58NO9S+. The first-order chi connectivity index (χ1) is 18.2. The van der Waals surface area contributed by atoms with Crippen molar-refractivity contribution >= 4 is 22.1 Å². The molecule has 0 aromatic carbocycles. The van der Waals surface area contributed by atoms with Gasteiger partial charge in [0.15, 0.2) is 5.25 Å². The summed E-state index contributed by atoms with van der Waals surface area (Å²) in [4.78, 5) is 20.0. The standard InChI is InChI=1S/C24H52NO2.C4H6O7S/c1-23(2)15-11-7-5-9-13-17-25(19-21-26,20-22-27)18-14-10-6-8-12-16-24(3)4;5-3(6)1-2(4(7)8)12(9,10)11/h23-24,26-27H,5-22H2,1-4H3;2H,1H2,(H,5,6)(H,7,8)(H,9,10,11)/q+1;. The minimum atomic E-state index is -4.84. The maximum absolute atomic E-state index is 10.2. The Kier molecular flexibility index (Phi) is 24.0. The average molecular weight is 585 g/mol. The molecule has 234 valence electrons. The van der Waals surface area contributed by atoms with E-state index in [1.807, 2.05) is 0 Å². The zero-order chi connectivity index (χ0) is 30.3. The number of aliphatic carboxylic acids is 2. The van der Waals surface area contributed by atoms with Gasteiger partial charge in [-0.05, 0) is 37.5 Å². The van der Waals surface area contributed by atoms with Gasteiger partial charge in [-0.3, -0.25) is 14.1 Å². The quantitative estimate of drug-likeness (QED) is 0.0619. The van der Waals surface area contributed by atoms with Gasteiger partial charge in [-0.1, -0.05) is 79.1 Å². The third-order valence-electron chi connectivity index (χ3n) is 6.97. The molecule has 0 rings (SSSR count). The summed E-state index contributed by atoms with van der Waals surface area (Å²) in [5.74, 6) is -1.84. The van der Waals surface area contributed by atoms with Crippen molar-refractivity contribution in [1.29, 1.82) is 0 Å². The summed E-state index contributed by atoms with van der Waals surface area (Å²) in [5.41, 5.74) is 0. The lowest BCUT2D eigenvalue weighted by atomic mass is 10.0. The molecule has 1 atom stereocenters. The van der Waals surface area contributed by atoms with Crippen LogP contribution >= 0.6 is 0 Å². The lowest BCUT2D eigenvalue weighted by Gasteiger charge is -2.38. The normalized spacial score (nSPS) is 12.8. The molecule has 39 heavy (non-hydrogen) atoms. The summed E-state index contributed by atoms with van der Waals surface area (Å²) in [7, 11) is -4.84. The van der Waals surface area contributed by atoms with Gasteiger partial charge in [0.05, 0.1) is 32.7 Å².